The number of halogens is 3. The van der Waals surface area contributed by atoms with E-state index >= 15 is 0 Å². The van der Waals surface area contributed by atoms with Crippen LogP contribution in [0.5, 0.6) is 5.75 Å². The predicted molar refractivity (Wildman–Crippen MR) is 79.8 cm³/mol. The van der Waals surface area contributed by atoms with Crippen molar-refractivity contribution < 1.29 is 17.9 Å². The van der Waals surface area contributed by atoms with Crippen molar-refractivity contribution in [1.29, 1.82) is 0 Å². The highest BCUT2D eigenvalue weighted by atomic mass is 19.4. The molecule has 0 fully saturated rings. The quantitative estimate of drug-likeness (QED) is 0.784. The molecule has 2 aromatic rings. The molecule has 0 aliphatic carbocycles. The second-order valence-corrected chi connectivity index (χ2v) is 5.55. The third-order valence-electron chi connectivity index (χ3n) is 3.02. The summed E-state index contributed by atoms with van der Waals surface area (Å²) in [6, 6.07) is 10.4. The topological polar surface area (TPSA) is 22.1 Å². The van der Waals surface area contributed by atoms with Crippen LogP contribution in [0.1, 0.15) is 19.4 Å². The summed E-state index contributed by atoms with van der Waals surface area (Å²) >= 11 is 0. The molecule has 0 radical (unpaired) electrons. The Morgan fingerprint density at radius 3 is 2.41 bits per heavy atom. The summed E-state index contributed by atoms with van der Waals surface area (Å²) in [6.45, 7) is 2.93. The van der Waals surface area contributed by atoms with Crippen LogP contribution in [0.4, 0.5) is 13.2 Å². The summed E-state index contributed by atoms with van der Waals surface area (Å²) < 4.78 is 41.8. The van der Waals surface area contributed by atoms with Crippen LogP contribution in [0.3, 0.4) is 0 Å². The normalized spacial score (nSPS) is 11.7. The number of hydrogen-bond donors (Lipinski definition) is 0. The summed E-state index contributed by atoms with van der Waals surface area (Å²) in [5.41, 5.74) is 2.26. The van der Waals surface area contributed by atoms with Crippen molar-refractivity contribution in [2.24, 2.45) is 5.92 Å². The molecule has 1 heterocycles. The average molecular weight is 309 g/mol. The average Bonchev–Trinajstić information content (AvgIpc) is 2.45. The summed E-state index contributed by atoms with van der Waals surface area (Å²) in [5, 5.41) is 0. The first-order valence-electron chi connectivity index (χ1n) is 7.09. The third-order valence-corrected chi connectivity index (χ3v) is 3.02. The van der Waals surface area contributed by atoms with Gasteiger partial charge in [0, 0.05) is 11.8 Å². The van der Waals surface area contributed by atoms with Crippen LogP contribution in [0, 0.1) is 5.92 Å². The van der Waals surface area contributed by atoms with Gasteiger partial charge in [0.15, 0.2) is 6.61 Å². The standard InChI is InChI=1S/C17H18F3NO/c1-12(2)9-13-7-8-15(21-10-13)14-5-3-4-6-16(14)22-11-17(18,19)20/h3-8,10,12H,9,11H2,1-2H3. The van der Waals surface area contributed by atoms with E-state index in [-0.39, 0.29) is 5.75 Å². The van der Waals surface area contributed by atoms with E-state index in [9.17, 15) is 13.2 Å². The van der Waals surface area contributed by atoms with Gasteiger partial charge in [0.2, 0.25) is 0 Å². The van der Waals surface area contributed by atoms with Gasteiger partial charge in [-0.1, -0.05) is 32.0 Å². The Kier molecular flexibility index (Phi) is 5.06. The van der Waals surface area contributed by atoms with E-state index in [1.807, 2.05) is 12.1 Å². The molecule has 1 aromatic carbocycles. The molecule has 0 unspecified atom stereocenters. The van der Waals surface area contributed by atoms with Gasteiger partial charge in [0.05, 0.1) is 5.69 Å². The number of nitrogens with zero attached hydrogens (tertiary/aromatic N) is 1. The highest BCUT2D eigenvalue weighted by molar-refractivity contribution is 5.67. The third kappa shape index (κ3) is 4.76. The second-order valence-electron chi connectivity index (χ2n) is 5.55. The molecule has 1 aromatic heterocycles. The molecule has 0 amide bonds. The number of benzene rings is 1. The Bertz CT molecular complexity index is 606. The summed E-state index contributed by atoms with van der Waals surface area (Å²) in [7, 11) is 0. The fourth-order valence-corrected chi connectivity index (χ4v) is 2.14. The molecule has 0 saturated carbocycles. The van der Waals surface area contributed by atoms with Crippen molar-refractivity contribution >= 4 is 0 Å². The van der Waals surface area contributed by atoms with Crippen molar-refractivity contribution in [3.63, 3.8) is 0 Å². The lowest BCUT2D eigenvalue weighted by Gasteiger charge is -2.13. The molecule has 2 nitrogen and oxygen atoms in total. The monoisotopic (exact) mass is 309 g/mol. The largest absolute Gasteiger partial charge is 0.483 e. The number of alkyl halides is 3. The Hall–Kier alpha value is -2.04. The lowest BCUT2D eigenvalue weighted by atomic mass is 10.0. The van der Waals surface area contributed by atoms with Crippen LogP contribution in [-0.4, -0.2) is 17.8 Å². The van der Waals surface area contributed by atoms with Gasteiger partial charge in [0.25, 0.3) is 0 Å². The van der Waals surface area contributed by atoms with Crippen LogP contribution in [0.15, 0.2) is 42.6 Å². The summed E-state index contributed by atoms with van der Waals surface area (Å²) in [6.07, 6.45) is -1.68. The highest BCUT2D eigenvalue weighted by Crippen LogP contribution is 2.30. The molecule has 118 valence electrons. The molecular formula is C17H18F3NO. The number of hydrogen-bond acceptors (Lipinski definition) is 2. The van der Waals surface area contributed by atoms with Crippen LogP contribution in [0.2, 0.25) is 0 Å². The minimum absolute atomic E-state index is 0.184. The Morgan fingerprint density at radius 1 is 1.09 bits per heavy atom. The molecule has 0 aliphatic rings. The fourth-order valence-electron chi connectivity index (χ4n) is 2.14. The van der Waals surface area contributed by atoms with E-state index in [0.717, 1.165) is 12.0 Å². The molecule has 0 spiro atoms. The van der Waals surface area contributed by atoms with Gasteiger partial charge in [-0.3, -0.25) is 4.98 Å². The molecule has 0 N–H and O–H groups in total. The summed E-state index contributed by atoms with van der Waals surface area (Å²) in [5.74, 6) is 0.707. The zero-order valence-corrected chi connectivity index (χ0v) is 12.5. The molecule has 22 heavy (non-hydrogen) atoms. The molecule has 0 saturated heterocycles. The van der Waals surface area contributed by atoms with Crippen LogP contribution in [-0.2, 0) is 6.42 Å². The molecule has 2 rings (SSSR count). The van der Waals surface area contributed by atoms with Gasteiger partial charge in [-0.05, 0) is 36.1 Å². The van der Waals surface area contributed by atoms with E-state index in [1.165, 1.54) is 6.07 Å². The van der Waals surface area contributed by atoms with E-state index in [4.69, 9.17) is 4.74 Å². The van der Waals surface area contributed by atoms with Crippen molar-refractivity contribution in [3.05, 3.63) is 48.2 Å². The van der Waals surface area contributed by atoms with Crippen molar-refractivity contribution in [1.82, 2.24) is 4.98 Å². The van der Waals surface area contributed by atoms with Crippen molar-refractivity contribution in [2.75, 3.05) is 6.61 Å². The SMILES string of the molecule is CC(C)Cc1ccc(-c2ccccc2OCC(F)(F)F)nc1. The van der Waals surface area contributed by atoms with Gasteiger partial charge in [-0.15, -0.1) is 0 Å². The van der Waals surface area contributed by atoms with Gasteiger partial charge < -0.3 is 4.74 Å². The van der Waals surface area contributed by atoms with Crippen LogP contribution in [0.25, 0.3) is 11.3 Å². The van der Waals surface area contributed by atoms with Gasteiger partial charge in [-0.25, -0.2) is 0 Å². The number of ether oxygens (including phenoxy) is 1. The first-order chi connectivity index (χ1) is 10.3. The Labute approximate surface area is 128 Å². The minimum Gasteiger partial charge on any atom is -0.483 e. The number of aromatic nitrogens is 1. The van der Waals surface area contributed by atoms with E-state index in [2.05, 4.69) is 18.8 Å². The highest BCUT2D eigenvalue weighted by Gasteiger charge is 2.28. The van der Waals surface area contributed by atoms with Crippen LogP contribution < -0.4 is 4.74 Å². The molecule has 0 bridgehead atoms. The lowest BCUT2D eigenvalue weighted by molar-refractivity contribution is -0.153. The maximum Gasteiger partial charge on any atom is 0.422 e. The van der Waals surface area contributed by atoms with E-state index in [1.54, 1.807) is 24.4 Å². The predicted octanol–water partition coefficient (Wildman–Crippen LogP) is 4.89. The van der Waals surface area contributed by atoms with Gasteiger partial charge in [-0.2, -0.15) is 13.2 Å². The molecule has 0 atom stereocenters. The summed E-state index contributed by atoms with van der Waals surface area (Å²) in [4.78, 5) is 4.35. The van der Waals surface area contributed by atoms with E-state index < -0.39 is 12.8 Å². The van der Waals surface area contributed by atoms with Crippen molar-refractivity contribution in [3.8, 4) is 17.0 Å². The number of para-hydroxylation sites is 1. The first kappa shape index (κ1) is 16.3. The van der Waals surface area contributed by atoms with Crippen LogP contribution >= 0.6 is 0 Å². The zero-order valence-electron chi connectivity index (χ0n) is 12.5. The maximum absolute atomic E-state index is 12.3. The second kappa shape index (κ2) is 6.81. The maximum atomic E-state index is 12.3. The Balaban J connectivity index is 2.21. The first-order valence-corrected chi connectivity index (χ1v) is 7.09. The van der Waals surface area contributed by atoms with Gasteiger partial charge >= 0.3 is 6.18 Å². The Morgan fingerprint density at radius 2 is 1.82 bits per heavy atom. The van der Waals surface area contributed by atoms with Crippen molar-refractivity contribution in [2.45, 2.75) is 26.4 Å². The molecule has 5 heteroatoms. The number of pyridine rings is 1. The smallest absolute Gasteiger partial charge is 0.422 e. The van der Waals surface area contributed by atoms with Gasteiger partial charge in [0.1, 0.15) is 5.75 Å². The molecule has 0 aliphatic heterocycles. The fraction of sp³-hybridized carbons (Fsp3) is 0.353. The zero-order chi connectivity index (χ0) is 16.2. The molecular weight excluding hydrogens is 291 g/mol. The minimum atomic E-state index is -4.36. The lowest BCUT2D eigenvalue weighted by Crippen LogP contribution is -2.19. The van der Waals surface area contributed by atoms with E-state index in [0.29, 0.717) is 17.2 Å². The number of rotatable bonds is 5.